The van der Waals surface area contributed by atoms with Crippen LogP contribution >= 0.6 is 35.3 Å². The van der Waals surface area contributed by atoms with E-state index >= 15 is 0 Å². The Morgan fingerprint density at radius 2 is 2.03 bits per heavy atom. The van der Waals surface area contributed by atoms with Gasteiger partial charge in [-0.1, -0.05) is 25.3 Å². The molecule has 0 bridgehead atoms. The average molecular weight is 564 g/mol. The molecule has 1 amide bonds. The normalized spacial score (nSPS) is 19.3. The fourth-order valence-electron chi connectivity index (χ4n) is 4.12. The van der Waals surface area contributed by atoms with E-state index in [0.717, 1.165) is 51.6 Å². The molecule has 1 aromatic heterocycles. The highest BCUT2D eigenvalue weighted by Gasteiger charge is 2.23. The first-order valence-electron chi connectivity index (χ1n) is 11.4. The molecule has 7 nitrogen and oxygen atoms in total. The number of nitrogens with one attached hydrogen (secondary N) is 3. The van der Waals surface area contributed by atoms with E-state index in [1.54, 1.807) is 11.3 Å². The van der Waals surface area contributed by atoms with Crippen LogP contribution in [0.25, 0.3) is 0 Å². The summed E-state index contributed by atoms with van der Waals surface area (Å²) in [6.45, 7) is 7.55. The van der Waals surface area contributed by atoms with Gasteiger partial charge in [0, 0.05) is 43.5 Å². The topological polar surface area (TPSA) is 78.0 Å². The number of nitrogens with zero attached hydrogens (tertiary/aromatic N) is 2. The first kappa shape index (κ1) is 26.3. The summed E-state index contributed by atoms with van der Waals surface area (Å²) in [4.78, 5) is 20.9. The van der Waals surface area contributed by atoms with Gasteiger partial charge in [-0.25, -0.2) is 0 Å². The fourth-order valence-corrected chi connectivity index (χ4v) is 4.97. The number of morpholine rings is 1. The maximum absolute atomic E-state index is 12.3. The van der Waals surface area contributed by atoms with Gasteiger partial charge < -0.3 is 20.7 Å². The molecule has 0 radical (unpaired) electrons. The Morgan fingerprint density at radius 1 is 1.26 bits per heavy atom. The lowest BCUT2D eigenvalue weighted by Crippen LogP contribution is -2.42. The number of carbonyl (C=O) groups excluding carboxylic acids is 1. The van der Waals surface area contributed by atoms with E-state index < -0.39 is 0 Å². The third-order valence-corrected chi connectivity index (χ3v) is 6.71. The lowest BCUT2D eigenvalue weighted by Gasteiger charge is -2.33. The number of hydrogen-bond acceptors (Lipinski definition) is 5. The van der Waals surface area contributed by atoms with E-state index in [0.29, 0.717) is 25.6 Å². The number of aliphatic imine (C=N–C) groups is 1. The Morgan fingerprint density at radius 3 is 2.71 bits per heavy atom. The predicted molar refractivity (Wildman–Crippen MR) is 138 cm³/mol. The van der Waals surface area contributed by atoms with E-state index in [1.165, 1.54) is 24.1 Å². The third-order valence-electron chi connectivity index (χ3n) is 5.74. The molecule has 31 heavy (non-hydrogen) atoms. The molecule has 9 heteroatoms. The Bertz CT molecular complexity index is 646. The second kappa shape index (κ2) is 15.0. The summed E-state index contributed by atoms with van der Waals surface area (Å²) >= 11 is 1.78. The van der Waals surface area contributed by atoms with Gasteiger partial charge in [0.1, 0.15) is 0 Å². The van der Waals surface area contributed by atoms with E-state index in [9.17, 15) is 4.79 Å². The van der Waals surface area contributed by atoms with Crippen LogP contribution in [0.4, 0.5) is 0 Å². The van der Waals surface area contributed by atoms with Crippen molar-refractivity contribution < 1.29 is 9.53 Å². The molecule has 1 aliphatic heterocycles. The van der Waals surface area contributed by atoms with Gasteiger partial charge in [0.15, 0.2) is 5.96 Å². The molecular weight excluding hydrogens is 525 g/mol. The van der Waals surface area contributed by atoms with Crippen LogP contribution in [0.5, 0.6) is 0 Å². The zero-order valence-electron chi connectivity index (χ0n) is 18.6. The van der Waals surface area contributed by atoms with Crippen LogP contribution < -0.4 is 16.0 Å². The first-order chi connectivity index (χ1) is 14.8. The minimum atomic E-state index is 0. The van der Waals surface area contributed by atoms with Crippen molar-refractivity contribution in [3.8, 4) is 0 Å². The first-order valence-corrected chi connectivity index (χ1v) is 12.3. The molecule has 2 fully saturated rings. The molecule has 3 rings (SSSR count). The fraction of sp³-hybridized carbons (Fsp3) is 0.727. The highest BCUT2D eigenvalue weighted by Crippen LogP contribution is 2.26. The third kappa shape index (κ3) is 9.23. The molecule has 1 saturated carbocycles. The van der Waals surface area contributed by atoms with Crippen LogP contribution in [0.2, 0.25) is 0 Å². The van der Waals surface area contributed by atoms with E-state index in [1.807, 2.05) is 0 Å². The molecule has 3 N–H and O–H groups in total. The summed E-state index contributed by atoms with van der Waals surface area (Å²) < 4.78 is 5.52. The van der Waals surface area contributed by atoms with Gasteiger partial charge in [-0.05, 0) is 31.2 Å². The lowest BCUT2D eigenvalue weighted by molar-refractivity contribution is -0.121. The monoisotopic (exact) mass is 563 g/mol. The standard InChI is InChI=1S/C22H37N5O2S.HI/c1-2-23-22(24-11-10-21(28)26-18-7-4-3-5-8-18)25-17-19(20-9-6-16-30-20)27-12-14-29-15-13-27;/h6,9,16,18-19H,2-5,7-8,10-15,17H2,1H3,(H,26,28)(H2,23,24,25);1H. The number of guanidine groups is 1. The van der Waals surface area contributed by atoms with Crippen LogP contribution in [0, 0.1) is 0 Å². The minimum absolute atomic E-state index is 0. The van der Waals surface area contributed by atoms with Crippen molar-refractivity contribution in [3.63, 3.8) is 0 Å². The Labute approximate surface area is 207 Å². The van der Waals surface area contributed by atoms with Crippen molar-refractivity contribution >= 4 is 47.2 Å². The minimum Gasteiger partial charge on any atom is -0.379 e. The number of rotatable bonds is 9. The van der Waals surface area contributed by atoms with Crippen LogP contribution in [-0.2, 0) is 9.53 Å². The average Bonchev–Trinajstić information content (AvgIpc) is 3.30. The Hall–Kier alpha value is -0.910. The molecule has 0 spiro atoms. The van der Waals surface area contributed by atoms with Gasteiger partial charge in [0.05, 0.1) is 25.8 Å². The van der Waals surface area contributed by atoms with Crippen LogP contribution in [0.15, 0.2) is 22.5 Å². The summed E-state index contributed by atoms with van der Waals surface area (Å²) in [6, 6.07) is 4.93. The van der Waals surface area contributed by atoms with Crippen LogP contribution in [0.3, 0.4) is 0 Å². The van der Waals surface area contributed by atoms with Crippen LogP contribution in [0.1, 0.15) is 56.4 Å². The highest BCUT2D eigenvalue weighted by molar-refractivity contribution is 14.0. The zero-order chi connectivity index (χ0) is 21.0. The van der Waals surface area contributed by atoms with Crippen molar-refractivity contribution in [2.45, 2.75) is 57.5 Å². The quantitative estimate of drug-likeness (QED) is 0.245. The van der Waals surface area contributed by atoms with Crippen molar-refractivity contribution in [3.05, 3.63) is 22.4 Å². The molecule has 2 heterocycles. The maximum atomic E-state index is 12.3. The van der Waals surface area contributed by atoms with Gasteiger partial charge in [0.2, 0.25) is 5.91 Å². The van der Waals surface area contributed by atoms with E-state index in [-0.39, 0.29) is 35.9 Å². The summed E-state index contributed by atoms with van der Waals surface area (Å²) in [5.74, 6) is 0.910. The number of halogens is 1. The van der Waals surface area contributed by atoms with Gasteiger partial charge in [-0.3, -0.25) is 14.7 Å². The second-order valence-electron chi connectivity index (χ2n) is 7.98. The second-order valence-corrected chi connectivity index (χ2v) is 8.96. The van der Waals surface area contributed by atoms with Gasteiger partial charge in [-0.2, -0.15) is 0 Å². The van der Waals surface area contributed by atoms with Crippen molar-refractivity contribution in [2.24, 2.45) is 4.99 Å². The van der Waals surface area contributed by atoms with Gasteiger partial charge in [-0.15, -0.1) is 35.3 Å². The molecule has 1 saturated heterocycles. The Balaban J connectivity index is 0.00000341. The molecular formula is C22H38IN5O2S. The maximum Gasteiger partial charge on any atom is 0.221 e. The van der Waals surface area contributed by atoms with Crippen molar-refractivity contribution in [1.29, 1.82) is 0 Å². The molecule has 1 unspecified atom stereocenters. The highest BCUT2D eigenvalue weighted by atomic mass is 127. The van der Waals surface area contributed by atoms with E-state index in [4.69, 9.17) is 9.73 Å². The summed E-state index contributed by atoms with van der Waals surface area (Å²) in [6.07, 6.45) is 6.47. The largest absolute Gasteiger partial charge is 0.379 e. The molecule has 176 valence electrons. The lowest BCUT2D eigenvalue weighted by atomic mass is 9.95. The number of carbonyl (C=O) groups is 1. The Kier molecular flexibility index (Phi) is 12.8. The SMILES string of the molecule is CCNC(=NCC(c1cccs1)N1CCOCC1)NCCC(=O)NC1CCCCC1.I. The summed E-state index contributed by atoms with van der Waals surface area (Å²) in [5.41, 5.74) is 0. The smallest absolute Gasteiger partial charge is 0.221 e. The molecule has 2 aliphatic rings. The molecule has 0 aromatic carbocycles. The number of thiophene rings is 1. The summed E-state index contributed by atoms with van der Waals surface area (Å²) in [7, 11) is 0. The molecule has 1 aromatic rings. The van der Waals surface area contributed by atoms with Gasteiger partial charge in [0.25, 0.3) is 0 Å². The van der Waals surface area contributed by atoms with Gasteiger partial charge >= 0.3 is 0 Å². The predicted octanol–water partition coefficient (Wildman–Crippen LogP) is 3.13. The molecule has 1 atom stereocenters. The zero-order valence-corrected chi connectivity index (χ0v) is 21.8. The number of ether oxygens (including phenoxy) is 1. The van der Waals surface area contributed by atoms with Crippen LogP contribution in [-0.4, -0.2) is 68.7 Å². The van der Waals surface area contributed by atoms with Crippen molar-refractivity contribution in [1.82, 2.24) is 20.9 Å². The summed E-state index contributed by atoms with van der Waals surface area (Å²) in [5, 5.41) is 11.9. The number of amides is 1. The number of hydrogen-bond donors (Lipinski definition) is 3. The van der Waals surface area contributed by atoms with E-state index in [2.05, 4.69) is 45.3 Å². The van der Waals surface area contributed by atoms with Crippen molar-refractivity contribution in [2.75, 3.05) is 45.9 Å². The molecule has 1 aliphatic carbocycles.